The summed E-state index contributed by atoms with van der Waals surface area (Å²) in [5.74, 6) is -1.22. The molecule has 132 valence electrons. The van der Waals surface area contributed by atoms with Crippen molar-refractivity contribution >= 4 is 12.0 Å². The van der Waals surface area contributed by atoms with Gasteiger partial charge in [0, 0.05) is 6.42 Å². The van der Waals surface area contributed by atoms with Gasteiger partial charge in [-0.05, 0) is 41.0 Å². The third-order valence-electron chi connectivity index (χ3n) is 4.07. The lowest BCUT2D eigenvalue weighted by Gasteiger charge is -2.34. The van der Waals surface area contributed by atoms with Gasteiger partial charge in [-0.1, -0.05) is 6.92 Å². The molecule has 2 N–H and O–H groups in total. The molecule has 0 bridgehead atoms. The Morgan fingerprint density at radius 3 is 2.13 bits per heavy atom. The van der Waals surface area contributed by atoms with Crippen molar-refractivity contribution in [2.45, 2.75) is 90.1 Å². The van der Waals surface area contributed by atoms with Gasteiger partial charge in [-0.25, -0.2) is 4.79 Å². The zero-order chi connectivity index (χ0) is 17.6. The van der Waals surface area contributed by atoms with Gasteiger partial charge in [0.2, 0.25) is 5.91 Å². The van der Waals surface area contributed by atoms with E-state index in [9.17, 15) is 9.59 Å². The molecule has 0 aromatic carbocycles. The number of ether oxygens (including phenoxy) is 3. The Balaban J connectivity index is 2.31. The van der Waals surface area contributed by atoms with Crippen molar-refractivity contribution < 1.29 is 23.8 Å². The maximum absolute atomic E-state index is 12.7. The molecule has 2 rings (SSSR count). The molecule has 0 aliphatic carbocycles. The fraction of sp³-hybridized carbons (Fsp3) is 0.875. The van der Waals surface area contributed by atoms with Gasteiger partial charge in [0.1, 0.15) is 17.8 Å². The first-order valence-corrected chi connectivity index (χ1v) is 8.10. The van der Waals surface area contributed by atoms with Crippen LogP contribution < -0.4 is 5.73 Å². The minimum atomic E-state index is -0.737. The topological polar surface area (TPSA) is 91.1 Å². The van der Waals surface area contributed by atoms with E-state index in [-0.39, 0.29) is 24.7 Å². The molecule has 2 fully saturated rings. The van der Waals surface area contributed by atoms with E-state index in [1.807, 2.05) is 41.5 Å². The molecule has 1 unspecified atom stereocenters. The van der Waals surface area contributed by atoms with E-state index in [0.717, 1.165) is 0 Å². The van der Waals surface area contributed by atoms with Crippen molar-refractivity contribution in [3.8, 4) is 0 Å². The minimum absolute atomic E-state index is 0.0242. The van der Waals surface area contributed by atoms with E-state index in [4.69, 9.17) is 19.9 Å². The lowest BCUT2D eigenvalue weighted by molar-refractivity contribution is -0.167. The number of fused-ring (bicyclic) bond motifs is 1. The molecule has 2 heterocycles. The predicted molar refractivity (Wildman–Crippen MR) is 83.6 cm³/mol. The average molecular weight is 328 g/mol. The second-order valence-electron chi connectivity index (χ2n) is 7.67. The number of primary amides is 1. The van der Waals surface area contributed by atoms with Crippen LogP contribution in [-0.2, 0) is 19.0 Å². The quantitative estimate of drug-likeness (QED) is 0.852. The molecule has 23 heavy (non-hydrogen) atoms. The van der Waals surface area contributed by atoms with Crippen molar-refractivity contribution in [1.29, 1.82) is 0 Å². The molecule has 2 amide bonds. The standard InChI is InChI=1S/C16H28N2O5/c1-7-9-12-13(22-16(5,6)21-12)10(8-11(17)19)18(9)14(20)23-15(2,3)4/h9-10,12-13H,7-8H2,1-6H3,(H2,17,19)/t9-,10?,12-,13+/m1/s1. The van der Waals surface area contributed by atoms with E-state index < -0.39 is 29.4 Å². The van der Waals surface area contributed by atoms with Crippen molar-refractivity contribution in [2.75, 3.05) is 0 Å². The average Bonchev–Trinajstić information content (AvgIpc) is 2.78. The zero-order valence-corrected chi connectivity index (χ0v) is 14.8. The van der Waals surface area contributed by atoms with Crippen LogP contribution in [0.5, 0.6) is 0 Å². The zero-order valence-electron chi connectivity index (χ0n) is 14.8. The number of carbonyl (C=O) groups excluding carboxylic acids is 2. The van der Waals surface area contributed by atoms with Gasteiger partial charge in [0.05, 0.1) is 12.1 Å². The van der Waals surface area contributed by atoms with Crippen LogP contribution in [0.3, 0.4) is 0 Å². The summed E-state index contributed by atoms with van der Waals surface area (Å²) in [6.07, 6.45) is -0.428. The van der Waals surface area contributed by atoms with E-state index in [1.165, 1.54) is 0 Å². The summed E-state index contributed by atoms with van der Waals surface area (Å²) >= 11 is 0. The summed E-state index contributed by atoms with van der Waals surface area (Å²) in [7, 11) is 0. The normalized spacial score (nSPS) is 32.7. The Bertz CT molecular complexity index is 485. The largest absolute Gasteiger partial charge is 0.444 e. The third kappa shape index (κ3) is 3.77. The highest BCUT2D eigenvalue weighted by atomic mass is 16.8. The summed E-state index contributed by atoms with van der Waals surface area (Å²) in [4.78, 5) is 25.7. The number of nitrogens with zero attached hydrogens (tertiary/aromatic N) is 1. The molecular weight excluding hydrogens is 300 g/mol. The van der Waals surface area contributed by atoms with Crippen LogP contribution in [-0.4, -0.2) is 52.6 Å². The number of nitrogens with two attached hydrogens (primary N) is 1. The molecule has 2 aliphatic heterocycles. The monoisotopic (exact) mass is 328 g/mol. The van der Waals surface area contributed by atoms with Crippen molar-refractivity contribution in [1.82, 2.24) is 4.90 Å². The molecule has 4 atom stereocenters. The lowest BCUT2D eigenvalue weighted by Crippen LogP contribution is -2.49. The Kier molecular flexibility index (Phi) is 4.65. The van der Waals surface area contributed by atoms with Crippen LogP contribution in [0.1, 0.15) is 54.4 Å². The first kappa shape index (κ1) is 18.0. The second-order valence-corrected chi connectivity index (χ2v) is 7.67. The molecule has 0 saturated carbocycles. The summed E-state index contributed by atoms with van der Waals surface area (Å²) in [6, 6.07) is -0.681. The van der Waals surface area contributed by atoms with Crippen LogP contribution in [0.2, 0.25) is 0 Å². The van der Waals surface area contributed by atoms with E-state index in [0.29, 0.717) is 6.42 Å². The van der Waals surface area contributed by atoms with E-state index in [1.54, 1.807) is 4.90 Å². The number of carbonyl (C=O) groups is 2. The number of hydrogen-bond acceptors (Lipinski definition) is 5. The van der Waals surface area contributed by atoms with Crippen LogP contribution in [0.4, 0.5) is 4.79 Å². The first-order chi connectivity index (χ1) is 10.4. The molecule has 2 saturated heterocycles. The molecule has 7 nitrogen and oxygen atoms in total. The number of rotatable bonds is 3. The Labute approximate surface area is 137 Å². The lowest BCUT2D eigenvalue weighted by atomic mass is 10.0. The fourth-order valence-corrected chi connectivity index (χ4v) is 3.41. The third-order valence-corrected chi connectivity index (χ3v) is 4.07. The van der Waals surface area contributed by atoms with Gasteiger partial charge < -0.3 is 19.9 Å². The Morgan fingerprint density at radius 1 is 1.17 bits per heavy atom. The first-order valence-electron chi connectivity index (χ1n) is 8.10. The van der Waals surface area contributed by atoms with Crippen LogP contribution in [0, 0.1) is 0 Å². The van der Waals surface area contributed by atoms with Crippen molar-refractivity contribution in [2.24, 2.45) is 5.73 Å². The van der Waals surface area contributed by atoms with Crippen LogP contribution >= 0.6 is 0 Å². The second kappa shape index (κ2) is 5.94. The van der Waals surface area contributed by atoms with Gasteiger partial charge in [-0.2, -0.15) is 0 Å². The van der Waals surface area contributed by atoms with Gasteiger partial charge in [0.15, 0.2) is 5.79 Å². The minimum Gasteiger partial charge on any atom is -0.444 e. The fourth-order valence-electron chi connectivity index (χ4n) is 3.41. The highest BCUT2D eigenvalue weighted by Gasteiger charge is 2.59. The number of amides is 2. The van der Waals surface area contributed by atoms with E-state index >= 15 is 0 Å². The molecule has 0 aromatic rings. The van der Waals surface area contributed by atoms with Gasteiger partial charge >= 0.3 is 6.09 Å². The van der Waals surface area contributed by atoms with Gasteiger partial charge in [-0.15, -0.1) is 0 Å². The number of hydrogen-bond donors (Lipinski definition) is 1. The van der Waals surface area contributed by atoms with Crippen molar-refractivity contribution in [3.05, 3.63) is 0 Å². The molecule has 0 radical (unpaired) electrons. The Hall–Kier alpha value is -1.34. The smallest absolute Gasteiger partial charge is 0.410 e. The molecule has 0 aromatic heterocycles. The highest BCUT2D eigenvalue weighted by molar-refractivity contribution is 5.77. The van der Waals surface area contributed by atoms with Crippen LogP contribution in [0.15, 0.2) is 0 Å². The van der Waals surface area contributed by atoms with Crippen LogP contribution in [0.25, 0.3) is 0 Å². The van der Waals surface area contributed by atoms with Gasteiger partial charge in [-0.3, -0.25) is 9.69 Å². The van der Waals surface area contributed by atoms with Gasteiger partial charge in [0.25, 0.3) is 0 Å². The maximum Gasteiger partial charge on any atom is 0.410 e. The summed E-state index contributed by atoms with van der Waals surface area (Å²) in [5, 5.41) is 0. The SMILES string of the molecule is CC[C@@H]1[C@H]2OC(C)(C)O[C@H]2C(CC(N)=O)N1C(=O)OC(C)(C)C. The highest BCUT2D eigenvalue weighted by Crippen LogP contribution is 2.42. The molecular formula is C16H28N2O5. The summed E-state index contributed by atoms with van der Waals surface area (Å²) in [6.45, 7) is 11.1. The Morgan fingerprint density at radius 2 is 1.70 bits per heavy atom. The summed E-state index contributed by atoms with van der Waals surface area (Å²) < 4.78 is 17.4. The maximum atomic E-state index is 12.7. The van der Waals surface area contributed by atoms with Crippen molar-refractivity contribution in [3.63, 3.8) is 0 Å². The molecule has 7 heteroatoms. The molecule has 0 spiro atoms. The number of likely N-dealkylation sites (tertiary alicyclic amines) is 1. The van der Waals surface area contributed by atoms with E-state index in [2.05, 4.69) is 0 Å². The molecule has 2 aliphatic rings. The predicted octanol–water partition coefficient (Wildman–Crippen LogP) is 1.78. The summed E-state index contributed by atoms with van der Waals surface area (Å²) in [5.41, 5.74) is 4.77.